The van der Waals surface area contributed by atoms with Crippen LogP contribution in [-0.2, 0) is 4.74 Å². The fraction of sp³-hybridized carbons (Fsp3) is 0.471. The van der Waals surface area contributed by atoms with E-state index in [1.54, 1.807) is 19.1 Å². The third kappa shape index (κ3) is 5.32. The van der Waals surface area contributed by atoms with Gasteiger partial charge in [-0.3, -0.25) is 4.79 Å². The lowest BCUT2D eigenvalue weighted by Crippen LogP contribution is -2.26. The topological polar surface area (TPSA) is 69.0 Å². The van der Waals surface area contributed by atoms with Gasteiger partial charge in [0.2, 0.25) is 0 Å². The highest BCUT2D eigenvalue weighted by Crippen LogP contribution is 2.14. The molecule has 24 heavy (non-hydrogen) atoms. The number of amides is 1. The molecule has 1 heterocycles. The first kappa shape index (κ1) is 18.4. The Bertz CT molecular complexity index is 685. The van der Waals surface area contributed by atoms with Gasteiger partial charge in [-0.2, -0.15) is 9.90 Å². The van der Waals surface area contributed by atoms with Crippen LogP contribution in [0.25, 0.3) is 5.69 Å². The molecule has 1 amide bonds. The van der Waals surface area contributed by atoms with E-state index in [1.807, 2.05) is 12.1 Å². The average Bonchev–Trinajstić information content (AvgIpc) is 2.92. The van der Waals surface area contributed by atoms with E-state index in [0.29, 0.717) is 41.2 Å². The van der Waals surface area contributed by atoms with E-state index in [1.165, 1.54) is 4.80 Å². The van der Waals surface area contributed by atoms with Gasteiger partial charge in [0.05, 0.1) is 11.4 Å². The van der Waals surface area contributed by atoms with Gasteiger partial charge in [0.15, 0.2) is 5.69 Å². The Labute approximate surface area is 147 Å². The van der Waals surface area contributed by atoms with Crippen molar-refractivity contribution < 1.29 is 9.53 Å². The minimum absolute atomic E-state index is 0.232. The SMILES string of the molecule is Cc1nn(-c2cccc(Cl)c2)nc1C(=O)NCCCOCC(C)C. The molecular formula is C17H23ClN4O2. The quantitative estimate of drug-likeness (QED) is 0.743. The van der Waals surface area contributed by atoms with E-state index in [0.717, 1.165) is 13.0 Å². The molecule has 0 aliphatic carbocycles. The van der Waals surface area contributed by atoms with Gasteiger partial charge in [0.25, 0.3) is 5.91 Å². The predicted molar refractivity (Wildman–Crippen MR) is 93.7 cm³/mol. The molecule has 0 radical (unpaired) electrons. The highest BCUT2D eigenvalue weighted by molar-refractivity contribution is 6.30. The minimum atomic E-state index is -0.232. The molecule has 0 bridgehead atoms. The molecule has 0 aliphatic rings. The summed E-state index contributed by atoms with van der Waals surface area (Å²) >= 11 is 5.97. The number of benzene rings is 1. The maximum Gasteiger partial charge on any atom is 0.273 e. The Kier molecular flexibility index (Phi) is 6.75. The second-order valence-corrected chi connectivity index (χ2v) is 6.42. The highest BCUT2D eigenvalue weighted by Gasteiger charge is 2.16. The number of carbonyl (C=O) groups is 1. The van der Waals surface area contributed by atoms with Gasteiger partial charge in [0.1, 0.15) is 0 Å². The number of rotatable bonds is 8. The lowest BCUT2D eigenvalue weighted by Gasteiger charge is -2.07. The standard InChI is InChI=1S/C17H23ClN4O2/c1-12(2)11-24-9-5-8-19-17(23)16-13(3)20-22(21-16)15-7-4-6-14(18)10-15/h4,6-7,10,12H,5,8-9,11H2,1-3H3,(H,19,23). The van der Waals surface area contributed by atoms with E-state index in [2.05, 4.69) is 29.4 Å². The summed E-state index contributed by atoms with van der Waals surface area (Å²) in [5.74, 6) is 0.286. The van der Waals surface area contributed by atoms with Crippen LogP contribution < -0.4 is 5.32 Å². The number of hydrogen-bond donors (Lipinski definition) is 1. The molecule has 7 heteroatoms. The van der Waals surface area contributed by atoms with E-state index in [4.69, 9.17) is 16.3 Å². The van der Waals surface area contributed by atoms with Crippen LogP contribution in [0, 0.1) is 12.8 Å². The van der Waals surface area contributed by atoms with Gasteiger partial charge in [-0.25, -0.2) is 0 Å². The zero-order valence-electron chi connectivity index (χ0n) is 14.3. The molecule has 0 saturated heterocycles. The molecule has 1 aromatic heterocycles. The second-order valence-electron chi connectivity index (χ2n) is 5.98. The van der Waals surface area contributed by atoms with Crippen molar-refractivity contribution in [3.05, 3.63) is 40.7 Å². The summed E-state index contributed by atoms with van der Waals surface area (Å²) in [7, 11) is 0. The molecule has 0 atom stereocenters. The van der Waals surface area contributed by atoms with E-state index in [9.17, 15) is 4.79 Å². The van der Waals surface area contributed by atoms with Crippen molar-refractivity contribution in [1.29, 1.82) is 0 Å². The molecule has 0 saturated carbocycles. The summed E-state index contributed by atoms with van der Waals surface area (Å²) in [4.78, 5) is 13.6. The Morgan fingerprint density at radius 2 is 2.17 bits per heavy atom. The zero-order valence-corrected chi connectivity index (χ0v) is 15.0. The first-order valence-corrected chi connectivity index (χ1v) is 8.41. The molecule has 6 nitrogen and oxygen atoms in total. The number of nitrogens with one attached hydrogen (secondary N) is 1. The molecule has 0 aliphatic heterocycles. The van der Waals surface area contributed by atoms with Crippen LogP contribution >= 0.6 is 11.6 Å². The number of nitrogens with zero attached hydrogens (tertiary/aromatic N) is 3. The van der Waals surface area contributed by atoms with Crippen LogP contribution in [-0.4, -0.2) is 40.7 Å². The van der Waals surface area contributed by atoms with E-state index >= 15 is 0 Å². The van der Waals surface area contributed by atoms with Crippen molar-refractivity contribution in [2.75, 3.05) is 19.8 Å². The number of aryl methyl sites for hydroxylation is 1. The van der Waals surface area contributed by atoms with E-state index in [-0.39, 0.29) is 5.91 Å². The Morgan fingerprint density at radius 1 is 1.38 bits per heavy atom. The summed E-state index contributed by atoms with van der Waals surface area (Å²) in [6, 6.07) is 7.16. The van der Waals surface area contributed by atoms with Crippen molar-refractivity contribution in [2.24, 2.45) is 5.92 Å². The predicted octanol–water partition coefficient (Wildman–Crippen LogP) is 3.02. The Balaban J connectivity index is 1.89. The Morgan fingerprint density at radius 3 is 2.88 bits per heavy atom. The number of carbonyl (C=O) groups excluding carboxylic acids is 1. The first-order valence-electron chi connectivity index (χ1n) is 8.03. The second kappa shape index (κ2) is 8.80. The van der Waals surface area contributed by atoms with Gasteiger partial charge in [-0.05, 0) is 37.5 Å². The monoisotopic (exact) mass is 350 g/mol. The normalized spacial score (nSPS) is 11.0. The first-order chi connectivity index (χ1) is 11.5. The molecule has 1 aromatic carbocycles. The summed E-state index contributed by atoms with van der Waals surface area (Å²) in [5, 5.41) is 12.0. The summed E-state index contributed by atoms with van der Waals surface area (Å²) in [6.07, 6.45) is 0.764. The summed E-state index contributed by atoms with van der Waals surface area (Å²) in [5.41, 5.74) is 1.60. The molecule has 2 rings (SSSR count). The van der Waals surface area contributed by atoms with Crippen LogP contribution in [0.2, 0.25) is 5.02 Å². The molecule has 2 aromatic rings. The van der Waals surface area contributed by atoms with Gasteiger partial charge in [-0.1, -0.05) is 31.5 Å². The molecule has 0 spiro atoms. The van der Waals surface area contributed by atoms with Crippen molar-refractivity contribution >= 4 is 17.5 Å². The summed E-state index contributed by atoms with van der Waals surface area (Å²) in [6.45, 7) is 7.88. The maximum atomic E-state index is 12.2. The van der Waals surface area contributed by atoms with Crippen LogP contribution in [0.3, 0.4) is 0 Å². The van der Waals surface area contributed by atoms with Gasteiger partial charge in [-0.15, -0.1) is 5.10 Å². The van der Waals surface area contributed by atoms with Crippen molar-refractivity contribution in [2.45, 2.75) is 27.2 Å². The lowest BCUT2D eigenvalue weighted by molar-refractivity contribution is 0.0919. The van der Waals surface area contributed by atoms with Crippen molar-refractivity contribution in [1.82, 2.24) is 20.3 Å². The molecule has 1 N–H and O–H groups in total. The highest BCUT2D eigenvalue weighted by atomic mass is 35.5. The number of aromatic nitrogens is 3. The zero-order chi connectivity index (χ0) is 17.5. The average molecular weight is 351 g/mol. The van der Waals surface area contributed by atoms with Crippen molar-refractivity contribution in [3.8, 4) is 5.69 Å². The number of halogens is 1. The fourth-order valence-electron chi connectivity index (χ4n) is 2.08. The van der Waals surface area contributed by atoms with Gasteiger partial charge < -0.3 is 10.1 Å². The van der Waals surface area contributed by atoms with E-state index < -0.39 is 0 Å². The molecule has 0 unspecified atom stereocenters. The van der Waals surface area contributed by atoms with Crippen LogP contribution in [0.5, 0.6) is 0 Å². The van der Waals surface area contributed by atoms with Gasteiger partial charge >= 0.3 is 0 Å². The minimum Gasteiger partial charge on any atom is -0.381 e. The molecule has 0 fully saturated rings. The maximum absolute atomic E-state index is 12.2. The van der Waals surface area contributed by atoms with Crippen molar-refractivity contribution in [3.63, 3.8) is 0 Å². The lowest BCUT2D eigenvalue weighted by atomic mass is 10.2. The number of hydrogen-bond acceptors (Lipinski definition) is 4. The third-order valence-electron chi connectivity index (χ3n) is 3.24. The molecular weight excluding hydrogens is 328 g/mol. The number of ether oxygens (including phenoxy) is 1. The summed E-state index contributed by atoms with van der Waals surface area (Å²) < 4.78 is 5.48. The largest absolute Gasteiger partial charge is 0.381 e. The van der Waals surface area contributed by atoms with Gasteiger partial charge in [0, 0.05) is 24.8 Å². The van der Waals surface area contributed by atoms with Crippen LogP contribution in [0.1, 0.15) is 36.5 Å². The Hall–Kier alpha value is -1.92. The smallest absolute Gasteiger partial charge is 0.273 e. The fourth-order valence-corrected chi connectivity index (χ4v) is 2.27. The third-order valence-corrected chi connectivity index (χ3v) is 3.47. The molecule has 130 valence electrons. The van der Waals surface area contributed by atoms with Crippen LogP contribution in [0.15, 0.2) is 24.3 Å². The van der Waals surface area contributed by atoms with Crippen LogP contribution in [0.4, 0.5) is 0 Å².